The number of likely N-dealkylation sites (tertiary alicyclic amines) is 1. The van der Waals surface area contributed by atoms with Crippen molar-refractivity contribution in [2.24, 2.45) is 12.5 Å². The average molecular weight is 785 g/mol. The number of halogens is 2. The summed E-state index contributed by atoms with van der Waals surface area (Å²) in [5.41, 5.74) is 6.79. The van der Waals surface area contributed by atoms with Crippen molar-refractivity contribution in [2.75, 3.05) is 56.1 Å². The van der Waals surface area contributed by atoms with Crippen molar-refractivity contribution in [3.63, 3.8) is 0 Å². The average Bonchev–Trinajstić information content (AvgIpc) is 3.83. The smallest absolute Gasteiger partial charge is 0.264 e. The number of aromatic nitrogens is 6. The van der Waals surface area contributed by atoms with Gasteiger partial charge in [0.1, 0.15) is 6.29 Å². The third-order valence-electron chi connectivity index (χ3n) is 12.6. The first kappa shape index (κ1) is 40.6. The minimum Gasteiger partial charge on any atom is -0.340 e. The van der Waals surface area contributed by atoms with Gasteiger partial charge in [0.05, 0.1) is 17.8 Å². The third-order valence-corrected chi connectivity index (χ3v) is 12.6. The summed E-state index contributed by atoms with van der Waals surface area (Å²) in [7, 11) is 3.98. The topological polar surface area (TPSA) is 109 Å². The SMILES string of the molecule is CC.CC=O.CN1CCc2c(c(N3CCCc4cc(-c5cnn(C)c5)c(C(F)F)cc43)nn2C2CCN(C3CCC4(CC3)CN(c3ncc(C=O)cn3)C4)CC2)C1. The van der Waals surface area contributed by atoms with E-state index in [1.54, 1.807) is 29.3 Å². The van der Waals surface area contributed by atoms with Crippen molar-refractivity contribution in [3.8, 4) is 11.1 Å². The minimum atomic E-state index is -2.59. The van der Waals surface area contributed by atoms with Crippen molar-refractivity contribution in [3.05, 3.63) is 64.9 Å². The largest absolute Gasteiger partial charge is 0.340 e. The molecule has 0 unspecified atom stereocenters. The highest BCUT2D eigenvalue weighted by atomic mass is 19.3. The molecule has 0 bridgehead atoms. The Bertz CT molecular complexity index is 1990. The summed E-state index contributed by atoms with van der Waals surface area (Å²) in [5, 5.41) is 9.67. The zero-order chi connectivity index (χ0) is 40.3. The van der Waals surface area contributed by atoms with Crippen LogP contribution in [0.5, 0.6) is 0 Å². The Hall–Kier alpha value is -4.56. The molecule has 14 heteroatoms. The molecule has 3 fully saturated rings. The second-order valence-electron chi connectivity index (χ2n) is 16.2. The first-order valence-corrected chi connectivity index (χ1v) is 20.9. The number of anilines is 3. The fourth-order valence-corrected chi connectivity index (χ4v) is 9.79. The van der Waals surface area contributed by atoms with Gasteiger partial charge in [-0.2, -0.15) is 10.2 Å². The fourth-order valence-electron chi connectivity index (χ4n) is 9.79. The Kier molecular flexibility index (Phi) is 12.5. The molecule has 1 saturated carbocycles. The monoisotopic (exact) mass is 784 g/mol. The number of carbonyl (C=O) groups is 2. The lowest BCUT2D eigenvalue weighted by molar-refractivity contribution is -0.106. The number of alkyl halides is 2. The molecule has 9 rings (SSSR count). The van der Waals surface area contributed by atoms with Crippen LogP contribution in [0.15, 0.2) is 36.9 Å². The molecule has 57 heavy (non-hydrogen) atoms. The number of hydrogen-bond donors (Lipinski definition) is 0. The first-order chi connectivity index (χ1) is 27.7. The molecule has 1 aromatic carbocycles. The van der Waals surface area contributed by atoms with E-state index >= 15 is 0 Å². The molecule has 0 N–H and O–H groups in total. The summed E-state index contributed by atoms with van der Waals surface area (Å²) in [6.45, 7) is 12.2. The Morgan fingerprint density at radius 1 is 0.895 bits per heavy atom. The maximum atomic E-state index is 14.6. The summed E-state index contributed by atoms with van der Waals surface area (Å²) < 4.78 is 33.3. The maximum absolute atomic E-state index is 14.6. The van der Waals surface area contributed by atoms with E-state index in [1.165, 1.54) is 43.9 Å². The molecule has 0 radical (unpaired) electrons. The highest BCUT2D eigenvalue weighted by Gasteiger charge is 2.47. The molecule has 4 aliphatic heterocycles. The van der Waals surface area contributed by atoms with Crippen molar-refractivity contribution >= 4 is 30.0 Å². The predicted molar refractivity (Wildman–Crippen MR) is 218 cm³/mol. The van der Waals surface area contributed by atoms with Crippen LogP contribution >= 0.6 is 0 Å². The first-order valence-electron chi connectivity index (χ1n) is 20.9. The van der Waals surface area contributed by atoms with Gasteiger partial charge in [-0.1, -0.05) is 13.8 Å². The second kappa shape index (κ2) is 17.5. The van der Waals surface area contributed by atoms with Crippen LogP contribution in [0, 0.1) is 5.41 Å². The summed E-state index contributed by atoms with van der Waals surface area (Å²) in [6.07, 6.45) is 15.5. The molecular weight excluding hydrogens is 727 g/mol. The van der Waals surface area contributed by atoms with Gasteiger partial charge in [-0.05, 0) is 88.6 Å². The summed E-state index contributed by atoms with van der Waals surface area (Å²) in [6, 6.07) is 4.68. The number of carbonyl (C=O) groups excluding carboxylic acids is 2. The van der Waals surface area contributed by atoms with Gasteiger partial charge < -0.3 is 24.4 Å². The number of piperidine rings is 1. The number of aryl methyl sites for hydroxylation is 2. The normalized spacial score (nSPS) is 19.9. The van der Waals surface area contributed by atoms with E-state index in [0.29, 0.717) is 28.6 Å². The van der Waals surface area contributed by atoms with Gasteiger partial charge in [0.25, 0.3) is 6.43 Å². The van der Waals surface area contributed by atoms with Crippen LogP contribution < -0.4 is 9.80 Å². The van der Waals surface area contributed by atoms with Crippen LogP contribution in [-0.4, -0.2) is 104 Å². The minimum absolute atomic E-state index is 0.0547. The molecule has 306 valence electrons. The van der Waals surface area contributed by atoms with Gasteiger partial charge in [-0.25, -0.2) is 18.7 Å². The van der Waals surface area contributed by atoms with E-state index < -0.39 is 6.43 Å². The van der Waals surface area contributed by atoms with Gasteiger partial charge in [-0.15, -0.1) is 0 Å². The highest BCUT2D eigenvalue weighted by molar-refractivity contribution is 5.77. The Morgan fingerprint density at radius 3 is 2.23 bits per heavy atom. The van der Waals surface area contributed by atoms with Crippen LogP contribution in [0.25, 0.3) is 11.1 Å². The van der Waals surface area contributed by atoms with Crippen LogP contribution in [0.3, 0.4) is 0 Å². The second-order valence-corrected chi connectivity index (χ2v) is 16.2. The molecule has 12 nitrogen and oxygen atoms in total. The number of fused-ring (bicyclic) bond motifs is 2. The Labute approximate surface area is 335 Å². The van der Waals surface area contributed by atoms with Gasteiger partial charge in [-0.3, -0.25) is 14.2 Å². The predicted octanol–water partition coefficient (Wildman–Crippen LogP) is 7.21. The molecule has 0 atom stereocenters. The van der Waals surface area contributed by atoms with Crippen molar-refractivity contribution in [1.82, 2.24) is 39.3 Å². The van der Waals surface area contributed by atoms with E-state index in [-0.39, 0.29) is 5.56 Å². The van der Waals surface area contributed by atoms with E-state index in [9.17, 15) is 13.6 Å². The Balaban J connectivity index is 0.000000949. The number of aldehydes is 2. The number of likely N-dealkylation sites (N-methyl/N-ethyl adjacent to an activating group) is 1. The number of benzene rings is 1. The zero-order valence-corrected chi connectivity index (χ0v) is 34.2. The van der Waals surface area contributed by atoms with Crippen LogP contribution in [0.2, 0.25) is 0 Å². The number of rotatable bonds is 7. The van der Waals surface area contributed by atoms with E-state index in [0.717, 1.165) is 119 Å². The van der Waals surface area contributed by atoms with Gasteiger partial charge in [0.2, 0.25) is 5.95 Å². The molecule has 4 aromatic rings. The molecule has 5 aliphatic rings. The van der Waals surface area contributed by atoms with Gasteiger partial charge in [0, 0.05) is 117 Å². The highest BCUT2D eigenvalue weighted by Crippen LogP contribution is 2.47. The van der Waals surface area contributed by atoms with Gasteiger partial charge >= 0.3 is 0 Å². The number of hydrogen-bond acceptors (Lipinski definition) is 10. The zero-order valence-electron chi connectivity index (χ0n) is 34.2. The third kappa shape index (κ3) is 8.25. The number of nitrogens with zero attached hydrogens (tertiary/aromatic N) is 10. The van der Waals surface area contributed by atoms with Crippen molar-refractivity contribution in [2.45, 2.75) is 104 Å². The van der Waals surface area contributed by atoms with E-state index in [1.807, 2.05) is 33.2 Å². The molecular formula is C43H58F2N10O2. The molecule has 2 saturated heterocycles. The molecule has 1 spiro atoms. The summed E-state index contributed by atoms with van der Waals surface area (Å²) >= 11 is 0. The lowest BCUT2D eigenvalue weighted by Crippen LogP contribution is -2.59. The standard InChI is InChI=1S/C39H48F2N10O.C2H4O.C2H6/c1-46-13-9-34-33(22-46)37(50-12-3-4-27-16-31(28-20-44-47(2)21-28)32(36(40)41)17-35(27)50)45-51(34)30-7-14-48(15-8-30)29-5-10-39(11-6-29)24-49(25-39)38-42-18-26(23-52)19-43-38;1-2-3;1-2/h16-21,23,29-30,36H,3-15,22,24-25H2,1-2H3;2H,1H3;1-2H3. The fraction of sp³-hybridized carbons (Fsp3) is 0.581. The molecule has 7 heterocycles. The lowest BCUT2D eigenvalue weighted by Gasteiger charge is -2.54. The molecule has 3 aromatic heterocycles. The van der Waals surface area contributed by atoms with Crippen LogP contribution in [0.4, 0.5) is 26.2 Å². The summed E-state index contributed by atoms with van der Waals surface area (Å²) in [4.78, 5) is 38.2. The molecule has 1 aliphatic carbocycles. The Morgan fingerprint density at radius 2 is 1.60 bits per heavy atom. The van der Waals surface area contributed by atoms with E-state index in [2.05, 4.69) is 46.4 Å². The summed E-state index contributed by atoms with van der Waals surface area (Å²) in [5.74, 6) is 1.69. The van der Waals surface area contributed by atoms with Crippen LogP contribution in [0.1, 0.15) is 111 Å². The van der Waals surface area contributed by atoms with E-state index in [4.69, 9.17) is 9.89 Å². The quantitative estimate of drug-likeness (QED) is 0.179. The maximum Gasteiger partial charge on any atom is 0.264 e. The van der Waals surface area contributed by atoms with Crippen molar-refractivity contribution in [1.29, 1.82) is 0 Å². The lowest BCUT2D eigenvalue weighted by atomic mass is 9.67. The van der Waals surface area contributed by atoms with Gasteiger partial charge in [0.15, 0.2) is 12.1 Å². The van der Waals surface area contributed by atoms with Crippen LogP contribution in [-0.2, 0) is 31.2 Å². The van der Waals surface area contributed by atoms with Crippen molar-refractivity contribution < 1.29 is 18.4 Å². The molecule has 0 amide bonds.